The lowest BCUT2D eigenvalue weighted by Crippen LogP contribution is -2.05. The van der Waals surface area contributed by atoms with Crippen LogP contribution in [0.1, 0.15) is 21.6 Å². The summed E-state index contributed by atoms with van der Waals surface area (Å²) in [6.07, 6.45) is 0. The molecular weight excluding hydrogens is 266 g/mol. The van der Waals surface area contributed by atoms with Crippen molar-refractivity contribution in [2.75, 3.05) is 0 Å². The molecule has 5 nitrogen and oxygen atoms in total. The van der Waals surface area contributed by atoms with Crippen molar-refractivity contribution in [3.05, 3.63) is 65.4 Å². The summed E-state index contributed by atoms with van der Waals surface area (Å²) in [7, 11) is 0. The van der Waals surface area contributed by atoms with Gasteiger partial charge in [0, 0.05) is 5.39 Å². The van der Waals surface area contributed by atoms with E-state index >= 15 is 0 Å². The molecule has 2 aromatic carbocycles. The molecule has 0 bridgehead atoms. The van der Waals surface area contributed by atoms with Crippen molar-refractivity contribution in [2.24, 2.45) is 0 Å². The van der Waals surface area contributed by atoms with Gasteiger partial charge in [0.25, 0.3) is 0 Å². The van der Waals surface area contributed by atoms with Crippen molar-refractivity contribution >= 4 is 16.9 Å². The number of aromatic carboxylic acids is 1. The Morgan fingerprint density at radius 1 is 1.19 bits per heavy atom. The Bertz CT molecular complexity index is 875. The summed E-state index contributed by atoms with van der Waals surface area (Å²) < 4.78 is 1.62. The summed E-state index contributed by atoms with van der Waals surface area (Å²) in [5.41, 5.74) is 2.14. The van der Waals surface area contributed by atoms with Crippen LogP contribution in [0.25, 0.3) is 10.9 Å². The molecular formula is C16H11N3O2. The normalized spacial score (nSPS) is 10.4. The molecule has 0 fully saturated rings. The van der Waals surface area contributed by atoms with Crippen LogP contribution in [-0.2, 0) is 6.54 Å². The number of benzene rings is 2. The van der Waals surface area contributed by atoms with Crippen LogP contribution in [0.2, 0.25) is 0 Å². The lowest BCUT2D eigenvalue weighted by molar-refractivity contribution is 0.0691. The highest BCUT2D eigenvalue weighted by Gasteiger charge is 2.16. The molecule has 0 radical (unpaired) electrons. The predicted molar refractivity (Wildman–Crippen MR) is 77.0 cm³/mol. The second-order valence-corrected chi connectivity index (χ2v) is 4.60. The van der Waals surface area contributed by atoms with E-state index in [1.54, 1.807) is 28.9 Å². The fraction of sp³-hybridized carbons (Fsp3) is 0.0625. The zero-order valence-electron chi connectivity index (χ0n) is 11.0. The van der Waals surface area contributed by atoms with Crippen LogP contribution >= 0.6 is 0 Å². The molecule has 0 aliphatic rings. The van der Waals surface area contributed by atoms with Crippen LogP contribution in [-0.4, -0.2) is 20.9 Å². The molecule has 0 unspecified atom stereocenters. The van der Waals surface area contributed by atoms with E-state index in [0.29, 0.717) is 17.5 Å². The van der Waals surface area contributed by atoms with Crippen LogP contribution in [0.15, 0.2) is 48.5 Å². The van der Waals surface area contributed by atoms with Gasteiger partial charge in [-0.2, -0.15) is 10.4 Å². The highest BCUT2D eigenvalue weighted by molar-refractivity contribution is 6.01. The topological polar surface area (TPSA) is 78.9 Å². The van der Waals surface area contributed by atoms with E-state index in [-0.39, 0.29) is 5.69 Å². The molecule has 102 valence electrons. The van der Waals surface area contributed by atoms with Gasteiger partial charge in [0.2, 0.25) is 0 Å². The number of carboxylic acid groups (broad SMARTS) is 1. The summed E-state index contributed by atoms with van der Waals surface area (Å²) in [4.78, 5) is 11.3. The van der Waals surface area contributed by atoms with Gasteiger partial charge in [-0.3, -0.25) is 4.68 Å². The molecule has 0 aliphatic heterocycles. The van der Waals surface area contributed by atoms with Crippen LogP contribution in [0.4, 0.5) is 0 Å². The van der Waals surface area contributed by atoms with E-state index in [2.05, 4.69) is 11.2 Å². The third kappa shape index (κ3) is 2.23. The molecule has 3 aromatic rings. The number of aromatic nitrogens is 2. The fourth-order valence-corrected chi connectivity index (χ4v) is 2.33. The van der Waals surface area contributed by atoms with Gasteiger partial charge in [0.15, 0.2) is 5.69 Å². The highest BCUT2D eigenvalue weighted by Crippen LogP contribution is 2.20. The minimum absolute atomic E-state index is 0.0278. The Hall–Kier alpha value is -3.13. The van der Waals surface area contributed by atoms with Gasteiger partial charge in [-0.05, 0) is 17.7 Å². The van der Waals surface area contributed by atoms with Gasteiger partial charge in [-0.25, -0.2) is 4.79 Å². The first kappa shape index (κ1) is 12.9. The number of carbonyl (C=O) groups is 1. The van der Waals surface area contributed by atoms with Gasteiger partial charge in [0.1, 0.15) is 0 Å². The first-order valence-corrected chi connectivity index (χ1v) is 6.37. The molecule has 1 heterocycles. The van der Waals surface area contributed by atoms with Crippen molar-refractivity contribution in [1.82, 2.24) is 9.78 Å². The molecule has 1 N–H and O–H groups in total. The zero-order chi connectivity index (χ0) is 14.8. The van der Waals surface area contributed by atoms with Crippen molar-refractivity contribution in [3.63, 3.8) is 0 Å². The maximum absolute atomic E-state index is 11.3. The molecule has 0 spiro atoms. The highest BCUT2D eigenvalue weighted by atomic mass is 16.4. The summed E-state index contributed by atoms with van der Waals surface area (Å²) in [6.45, 7) is 0.359. The largest absolute Gasteiger partial charge is 0.476 e. The first-order chi connectivity index (χ1) is 10.2. The molecule has 5 heteroatoms. The van der Waals surface area contributed by atoms with Crippen LogP contribution in [0, 0.1) is 11.3 Å². The second-order valence-electron chi connectivity index (χ2n) is 4.60. The van der Waals surface area contributed by atoms with Crippen LogP contribution in [0.3, 0.4) is 0 Å². The summed E-state index contributed by atoms with van der Waals surface area (Å²) in [5, 5.41) is 23.1. The summed E-state index contributed by atoms with van der Waals surface area (Å²) >= 11 is 0. The molecule has 0 aliphatic carbocycles. The molecule has 21 heavy (non-hydrogen) atoms. The minimum atomic E-state index is -1.06. The quantitative estimate of drug-likeness (QED) is 0.798. The SMILES string of the molecule is N#Cc1ccccc1Cn1nc(C(=O)O)c2ccccc21. The van der Waals surface area contributed by atoms with Crippen molar-refractivity contribution in [3.8, 4) is 6.07 Å². The third-order valence-corrected chi connectivity index (χ3v) is 3.32. The van der Waals surface area contributed by atoms with Crippen LogP contribution in [0.5, 0.6) is 0 Å². The van der Waals surface area contributed by atoms with Crippen molar-refractivity contribution in [2.45, 2.75) is 6.54 Å². The maximum atomic E-state index is 11.3. The molecule has 3 rings (SSSR count). The number of para-hydroxylation sites is 1. The van der Waals surface area contributed by atoms with E-state index in [4.69, 9.17) is 5.26 Å². The summed E-state index contributed by atoms with van der Waals surface area (Å²) in [5.74, 6) is -1.06. The second kappa shape index (κ2) is 5.10. The van der Waals surface area contributed by atoms with Gasteiger partial charge >= 0.3 is 5.97 Å². The Labute approximate surface area is 120 Å². The van der Waals surface area contributed by atoms with E-state index in [9.17, 15) is 9.90 Å². The summed E-state index contributed by atoms with van der Waals surface area (Å²) in [6, 6.07) is 16.5. The van der Waals surface area contributed by atoms with Crippen LogP contribution < -0.4 is 0 Å². The smallest absolute Gasteiger partial charge is 0.357 e. The number of nitrogens with zero attached hydrogens (tertiary/aromatic N) is 3. The monoisotopic (exact) mass is 277 g/mol. The minimum Gasteiger partial charge on any atom is -0.476 e. The van der Waals surface area contributed by atoms with Crippen molar-refractivity contribution < 1.29 is 9.90 Å². The third-order valence-electron chi connectivity index (χ3n) is 3.32. The number of carboxylic acids is 1. The standard InChI is InChI=1S/C16H11N3O2/c17-9-11-5-1-2-6-12(11)10-19-14-8-4-3-7-13(14)15(18-19)16(20)21/h1-8H,10H2,(H,20,21). The maximum Gasteiger partial charge on any atom is 0.357 e. The number of fused-ring (bicyclic) bond motifs is 1. The molecule has 0 saturated heterocycles. The van der Waals surface area contributed by atoms with Gasteiger partial charge < -0.3 is 5.11 Å². The van der Waals surface area contributed by atoms with Gasteiger partial charge in [-0.1, -0.05) is 36.4 Å². The Morgan fingerprint density at radius 3 is 2.67 bits per heavy atom. The average molecular weight is 277 g/mol. The molecule has 0 saturated carbocycles. The van der Waals surface area contributed by atoms with Crippen molar-refractivity contribution in [1.29, 1.82) is 5.26 Å². The van der Waals surface area contributed by atoms with E-state index in [1.165, 1.54) is 0 Å². The van der Waals surface area contributed by atoms with E-state index in [1.807, 2.05) is 24.3 Å². The first-order valence-electron chi connectivity index (χ1n) is 6.37. The Kier molecular flexibility index (Phi) is 3.13. The van der Waals surface area contributed by atoms with E-state index in [0.717, 1.165) is 11.1 Å². The predicted octanol–water partition coefficient (Wildman–Crippen LogP) is 2.65. The van der Waals surface area contributed by atoms with Gasteiger partial charge in [-0.15, -0.1) is 0 Å². The Balaban J connectivity index is 2.14. The average Bonchev–Trinajstić information content (AvgIpc) is 2.87. The number of hydrogen-bond donors (Lipinski definition) is 1. The van der Waals surface area contributed by atoms with Gasteiger partial charge in [0.05, 0.1) is 23.7 Å². The lowest BCUT2D eigenvalue weighted by Gasteiger charge is -2.05. The van der Waals surface area contributed by atoms with E-state index < -0.39 is 5.97 Å². The molecule has 0 atom stereocenters. The number of nitriles is 1. The zero-order valence-corrected chi connectivity index (χ0v) is 11.0. The number of hydrogen-bond acceptors (Lipinski definition) is 3. The molecule has 1 aromatic heterocycles. The Morgan fingerprint density at radius 2 is 1.90 bits per heavy atom. The lowest BCUT2D eigenvalue weighted by atomic mass is 10.1. The fourth-order valence-electron chi connectivity index (χ4n) is 2.33. The molecule has 0 amide bonds. The number of rotatable bonds is 3.